The van der Waals surface area contributed by atoms with Gasteiger partial charge in [0.05, 0.1) is 23.2 Å². The molecule has 5 rings (SSSR count). The molecule has 0 fully saturated rings. The quantitative estimate of drug-likeness (QED) is 0.438. The fourth-order valence-electron chi connectivity index (χ4n) is 4.58. The van der Waals surface area contributed by atoms with Gasteiger partial charge in [0.25, 0.3) is 11.8 Å². The number of nitrogens with one attached hydrogen (secondary N) is 2. The molecule has 1 aliphatic rings. The van der Waals surface area contributed by atoms with Crippen LogP contribution >= 0.6 is 0 Å². The standard InChI is InChI=1S/C27H25N5O2/c1-2-7-18-8-5-6-11-22(18)27(34)32-17-20-10-4-3-9-19(20)14-21(32)15-29-26(33)23-12-13-28-25-24(23)16-30-31-25/h2-6,8-13,16,21H,1,7,14-15,17H2,(H,29,33)(H,28,30,31). The van der Waals surface area contributed by atoms with Gasteiger partial charge in [-0.25, -0.2) is 4.98 Å². The maximum absolute atomic E-state index is 13.7. The number of benzene rings is 2. The van der Waals surface area contributed by atoms with Gasteiger partial charge in [-0.3, -0.25) is 14.7 Å². The third-order valence-corrected chi connectivity index (χ3v) is 6.33. The minimum absolute atomic E-state index is 0.0349. The average Bonchev–Trinajstić information content (AvgIpc) is 3.36. The van der Waals surface area contributed by atoms with E-state index < -0.39 is 0 Å². The second kappa shape index (κ2) is 9.31. The van der Waals surface area contributed by atoms with Gasteiger partial charge in [0.2, 0.25) is 0 Å². The van der Waals surface area contributed by atoms with Crippen LogP contribution in [0.15, 0.2) is 79.6 Å². The summed E-state index contributed by atoms with van der Waals surface area (Å²) in [5, 5.41) is 10.5. The molecule has 7 nitrogen and oxygen atoms in total. The first-order valence-electron chi connectivity index (χ1n) is 11.3. The Morgan fingerprint density at radius 3 is 2.74 bits per heavy atom. The lowest BCUT2D eigenvalue weighted by atomic mass is 9.92. The van der Waals surface area contributed by atoms with Crippen molar-refractivity contribution in [2.24, 2.45) is 0 Å². The van der Waals surface area contributed by atoms with Crippen LogP contribution in [-0.4, -0.2) is 44.5 Å². The number of nitrogens with zero attached hydrogens (tertiary/aromatic N) is 3. The van der Waals surface area contributed by atoms with Crippen LogP contribution in [0, 0.1) is 0 Å². The van der Waals surface area contributed by atoms with Gasteiger partial charge in [0, 0.05) is 24.8 Å². The molecule has 4 aromatic rings. The molecule has 1 aliphatic heterocycles. The summed E-state index contributed by atoms with van der Waals surface area (Å²) in [4.78, 5) is 32.8. The first-order chi connectivity index (χ1) is 16.7. The monoisotopic (exact) mass is 451 g/mol. The Bertz CT molecular complexity index is 1380. The zero-order valence-corrected chi connectivity index (χ0v) is 18.7. The second-order valence-electron chi connectivity index (χ2n) is 8.41. The van der Waals surface area contributed by atoms with Gasteiger partial charge in [0.1, 0.15) is 0 Å². The van der Waals surface area contributed by atoms with Crippen LogP contribution in [0.25, 0.3) is 11.0 Å². The zero-order valence-electron chi connectivity index (χ0n) is 18.7. The Morgan fingerprint density at radius 1 is 1.09 bits per heavy atom. The first-order valence-corrected chi connectivity index (χ1v) is 11.3. The van der Waals surface area contributed by atoms with E-state index in [0.29, 0.717) is 48.1 Å². The number of rotatable bonds is 6. The van der Waals surface area contributed by atoms with Gasteiger partial charge < -0.3 is 10.2 Å². The number of allylic oxidation sites excluding steroid dienone is 1. The van der Waals surface area contributed by atoms with Crippen molar-refractivity contribution < 1.29 is 9.59 Å². The Labute approximate surface area is 197 Å². The van der Waals surface area contributed by atoms with E-state index in [0.717, 1.165) is 11.1 Å². The number of hydrogen-bond acceptors (Lipinski definition) is 4. The number of carbonyl (C=O) groups is 2. The van der Waals surface area contributed by atoms with E-state index in [9.17, 15) is 9.59 Å². The fraction of sp³-hybridized carbons (Fsp3) is 0.185. The molecule has 0 bridgehead atoms. The normalized spacial score (nSPS) is 15.1. The van der Waals surface area contributed by atoms with Crippen molar-refractivity contribution in [1.82, 2.24) is 25.4 Å². The molecule has 3 heterocycles. The second-order valence-corrected chi connectivity index (χ2v) is 8.41. The van der Waals surface area contributed by atoms with Crippen molar-refractivity contribution in [3.8, 4) is 0 Å². The molecule has 0 aliphatic carbocycles. The molecule has 2 aromatic carbocycles. The molecule has 1 atom stereocenters. The lowest BCUT2D eigenvalue weighted by Gasteiger charge is -2.37. The molecule has 0 radical (unpaired) electrons. The highest BCUT2D eigenvalue weighted by molar-refractivity contribution is 6.05. The summed E-state index contributed by atoms with van der Waals surface area (Å²) in [6.45, 7) is 4.66. The Morgan fingerprint density at radius 2 is 1.88 bits per heavy atom. The zero-order chi connectivity index (χ0) is 23.5. The topological polar surface area (TPSA) is 91.0 Å². The molecule has 2 amide bonds. The van der Waals surface area contributed by atoms with Gasteiger partial charge in [-0.05, 0) is 41.7 Å². The number of carbonyl (C=O) groups excluding carboxylic acids is 2. The molecule has 1 unspecified atom stereocenters. The first kappa shape index (κ1) is 21.6. The molecule has 2 aromatic heterocycles. The fourth-order valence-corrected chi connectivity index (χ4v) is 4.58. The molecule has 0 saturated carbocycles. The molecular formula is C27H25N5O2. The number of aromatic nitrogens is 3. The molecule has 0 spiro atoms. The average molecular weight is 452 g/mol. The number of H-pyrrole nitrogens is 1. The van der Waals surface area contributed by atoms with Crippen molar-refractivity contribution in [1.29, 1.82) is 0 Å². The third kappa shape index (κ3) is 4.08. The predicted octanol–water partition coefficient (Wildman–Crippen LogP) is 3.68. The van der Waals surface area contributed by atoms with E-state index in [1.807, 2.05) is 41.3 Å². The summed E-state index contributed by atoms with van der Waals surface area (Å²) in [5.41, 5.74) is 5.02. The van der Waals surface area contributed by atoms with Crippen LogP contribution in [0.2, 0.25) is 0 Å². The summed E-state index contributed by atoms with van der Waals surface area (Å²) in [6, 6.07) is 17.3. The van der Waals surface area contributed by atoms with E-state index in [1.54, 1.807) is 24.5 Å². The minimum atomic E-state index is -0.216. The van der Waals surface area contributed by atoms with Gasteiger partial charge in [-0.1, -0.05) is 48.5 Å². The summed E-state index contributed by atoms with van der Waals surface area (Å²) in [7, 11) is 0. The summed E-state index contributed by atoms with van der Waals surface area (Å²) < 4.78 is 0. The largest absolute Gasteiger partial charge is 0.350 e. The smallest absolute Gasteiger partial charge is 0.254 e. The number of amides is 2. The third-order valence-electron chi connectivity index (χ3n) is 6.33. The Kier molecular flexibility index (Phi) is 5.91. The molecular weight excluding hydrogens is 426 g/mol. The predicted molar refractivity (Wildman–Crippen MR) is 130 cm³/mol. The number of hydrogen-bond donors (Lipinski definition) is 2. The van der Waals surface area contributed by atoms with Crippen LogP contribution in [0.5, 0.6) is 0 Å². The van der Waals surface area contributed by atoms with Crippen molar-refractivity contribution in [3.63, 3.8) is 0 Å². The molecule has 2 N–H and O–H groups in total. The lowest BCUT2D eigenvalue weighted by molar-refractivity contribution is 0.0627. The van der Waals surface area contributed by atoms with Crippen LogP contribution in [-0.2, 0) is 19.4 Å². The highest BCUT2D eigenvalue weighted by Crippen LogP contribution is 2.26. The highest BCUT2D eigenvalue weighted by Gasteiger charge is 2.31. The van der Waals surface area contributed by atoms with Crippen molar-refractivity contribution in [2.75, 3.05) is 6.54 Å². The van der Waals surface area contributed by atoms with E-state index >= 15 is 0 Å². The van der Waals surface area contributed by atoms with Gasteiger partial charge in [-0.2, -0.15) is 5.10 Å². The summed E-state index contributed by atoms with van der Waals surface area (Å²) in [6.07, 6.45) is 6.28. The molecule has 170 valence electrons. The van der Waals surface area contributed by atoms with E-state index in [-0.39, 0.29) is 17.9 Å². The van der Waals surface area contributed by atoms with Crippen LogP contribution < -0.4 is 5.32 Å². The Balaban J connectivity index is 1.42. The lowest BCUT2D eigenvalue weighted by Crippen LogP contribution is -2.50. The van der Waals surface area contributed by atoms with Gasteiger partial charge >= 0.3 is 0 Å². The van der Waals surface area contributed by atoms with Crippen molar-refractivity contribution in [2.45, 2.75) is 25.4 Å². The SMILES string of the molecule is C=CCc1ccccc1C(=O)N1Cc2ccccc2CC1CNC(=O)c1ccnc2[nH]ncc12. The molecule has 34 heavy (non-hydrogen) atoms. The van der Waals surface area contributed by atoms with Crippen molar-refractivity contribution >= 4 is 22.8 Å². The minimum Gasteiger partial charge on any atom is -0.350 e. The van der Waals surface area contributed by atoms with Crippen molar-refractivity contribution in [3.05, 3.63) is 107 Å². The van der Waals surface area contributed by atoms with Crippen LogP contribution in [0.3, 0.4) is 0 Å². The summed E-state index contributed by atoms with van der Waals surface area (Å²) in [5.74, 6) is -0.251. The maximum atomic E-state index is 13.7. The van der Waals surface area contributed by atoms with Crippen LogP contribution in [0.4, 0.5) is 0 Å². The maximum Gasteiger partial charge on any atom is 0.254 e. The van der Waals surface area contributed by atoms with Gasteiger partial charge in [-0.15, -0.1) is 6.58 Å². The highest BCUT2D eigenvalue weighted by atomic mass is 16.2. The Hall–Kier alpha value is -4.26. The van der Waals surface area contributed by atoms with E-state index in [4.69, 9.17) is 0 Å². The molecule has 7 heteroatoms. The molecule has 0 saturated heterocycles. The van der Waals surface area contributed by atoms with Gasteiger partial charge in [0.15, 0.2) is 5.65 Å². The van der Waals surface area contributed by atoms with Crippen LogP contribution in [0.1, 0.15) is 37.4 Å². The number of pyridine rings is 1. The number of fused-ring (bicyclic) bond motifs is 2. The number of aromatic amines is 1. The summed E-state index contributed by atoms with van der Waals surface area (Å²) >= 11 is 0. The van der Waals surface area contributed by atoms with E-state index in [1.165, 1.54) is 5.56 Å². The van der Waals surface area contributed by atoms with E-state index in [2.05, 4.69) is 39.2 Å².